The summed E-state index contributed by atoms with van der Waals surface area (Å²) >= 11 is 0. The van der Waals surface area contributed by atoms with E-state index in [2.05, 4.69) is 5.32 Å². The average molecular weight is 406 g/mol. The molecule has 29 heavy (non-hydrogen) atoms. The smallest absolute Gasteiger partial charge is 0.263 e. The molecule has 2 aromatic rings. The number of nitrogens with one attached hydrogen (secondary N) is 1. The molecule has 4 rings (SSSR count). The highest BCUT2D eigenvalue weighted by molar-refractivity contribution is 6.00. The van der Waals surface area contributed by atoms with Crippen molar-refractivity contribution in [3.8, 4) is 5.75 Å². The van der Waals surface area contributed by atoms with E-state index in [1.54, 1.807) is 6.07 Å². The van der Waals surface area contributed by atoms with E-state index in [0.29, 0.717) is 5.56 Å². The Labute approximate surface area is 164 Å². The highest BCUT2D eigenvalue weighted by atomic mass is 19.3. The van der Waals surface area contributed by atoms with E-state index < -0.39 is 18.1 Å². The molecule has 0 saturated carbocycles. The zero-order valence-corrected chi connectivity index (χ0v) is 15.2. The third kappa shape index (κ3) is 4.04. The fourth-order valence-corrected chi connectivity index (χ4v) is 3.18. The van der Waals surface area contributed by atoms with Crippen LogP contribution in [-0.4, -0.2) is 42.5 Å². The predicted molar refractivity (Wildman–Crippen MR) is 96.4 cm³/mol. The maximum atomic E-state index is 14.3. The number of fused-ring (bicyclic) bond motifs is 1. The number of benzene rings is 2. The minimum Gasteiger partial charge on any atom is -0.481 e. The van der Waals surface area contributed by atoms with E-state index in [-0.39, 0.29) is 60.9 Å². The summed E-state index contributed by atoms with van der Waals surface area (Å²) in [4.78, 5) is 25.4. The van der Waals surface area contributed by atoms with Gasteiger partial charge in [-0.2, -0.15) is 0 Å². The summed E-state index contributed by atoms with van der Waals surface area (Å²) in [6, 6.07) is 8.29. The van der Waals surface area contributed by atoms with Crippen LogP contribution in [0.5, 0.6) is 5.75 Å². The molecule has 1 saturated heterocycles. The molecule has 0 unspecified atom stereocenters. The first kappa shape index (κ1) is 19.3. The lowest BCUT2D eigenvalue weighted by Gasteiger charge is -2.39. The maximum absolute atomic E-state index is 14.3. The summed E-state index contributed by atoms with van der Waals surface area (Å²) in [5.41, 5.74) is 0.621. The number of hydrogen-bond donors (Lipinski definition) is 1. The molecule has 2 aliphatic heterocycles. The van der Waals surface area contributed by atoms with Crippen LogP contribution in [0, 0.1) is 5.82 Å². The van der Waals surface area contributed by atoms with Gasteiger partial charge in [0.25, 0.3) is 18.2 Å². The lowest BCUT2D eigenvalue weighted by atomic mass is 10.1. The number of halogens is 3. The lowest BCUT2D eigenvalue weighted by Crippen LogP contribution is -2.54. The Morgan fingerprint density at radius 2 is 2.07 bits per heavy atom. The highest BCUT2D eigenvalue weighted by Crippen LogP contribution is 2.32. The van der Waals surface area contributed by atoms with Gasteiger partial charge in [0.05, 0.1) is 24.0 Å². The molecular weight excluding hydrogens is 389 g/mol. The summed E-state index contributed by atoms with van der Waals surface area (Å²) in [5, 5.41) is 2.54. The van der Waals surface area contributed by atoms with Crippen molar-refractivity contribution in [3.63, 3.8) is 0 Å². The SMILES string of the molecule is O=C1COc2cc(F)c(C(=O)N3CC(OCc4cccc(C(F)F)c4)C3)cc2N1. The normalized spacial score (nSPS) is 16.1. The van der Waals surface area contributed by atoms with Gasteiger partial charge in [-0.05, 0) is 17.7 Å². The Morgan fingerprint density at radius 1 is 1.28 bits per heavy atom. The van der Waals surface area contributed by atoms with E-state index in [0.717, 1.165) is 6.07 Å². The topological polar surface area (TPSA) is 67.9 Å². The van der Waals surface area contributed by atoms with Crippen LogP contribution in [-0.2, 0) is 16.1 Å². The number of carbonyl (C=O) groups is 2. The van der Waals surface area contributed by atoms with Crippen LogP contribution in [0.1, 0.15) is 27.9 Å². The third-order valence-corrected chi connectivity index (χ3v) is 4.76. The van der Waals surface area contributed by atoms with E-state index in [9.17, 15) is 22.8 Å². The third-order valence-electron chi connectivity index (χ3n) is 4.76. The number of rotatable bonds is 5. The Hall–Kier alpha value is -3.07. The van der Waals surface area contributed by atoms with E-state index in [4.69, 9.17) is 9.47 Å². The minimum atomic E-state index is -2.55. The molecule has 2 aromatic carbocycles. The number of hydrogen-bond acceptors (Lipinski definition) is 4. The Kier molecular flexibility index (Phi) is 5.14. The van der Waals surface area contributed by atoms with Gasteiger partial charge in [0.1, 0.15) is 11.6 Å². The first-order chi connectivity index (χ1) is 13.9. The van der Waals surface area contributed by atoms with Crippen molar-refractivity contribution in [2.75, 3.05) is 25.0 Å². The lowest BCUT2D eigenvalue weighted by molar-refractivity contribution is -0.118. The second-order valence-corrected chi connectivity index (χ2v) is 6.85. The standard InChI is InChI=1S/C20H17F3N2O4/c21-15-6-17-16(24-18(26)10-29-17)5-14(15)20(27)25-7-13(8-25)28-9-11-2-1-3-12(4-11)19(22)23/h1-6,13,19H,7-10H2,(H,24,26). The molecule has 2 aliphatic rings. The number of nitrogens with zero attached hydrogens (tertiary/aromatic N) is 1. The van der Waals surface area contributed by atoms with Crippen LogP contribution < -0.4 is 10.1 Å². The van der Waals surface area contributed by atoms with Gasteiger partial charge in [0, 0.05) is 24.7 Å². The van der Waals surface area contributed by atoms with E-state index >= 15 is 0 Å². The van der Waals surface area contributed by atoms with E-state index in [1.165, 1.54) is 29.2 Å². The molecular formula is C20H17F3N2O4. The molecule has 152 valence electrons. The van der Waals surface area contributed by atoms with Gasteiger partial charge >= 0.3 is 0 Å². The van der Waals surface area contributed by atoms with Crippen molar-refractivity contribution in [2.45, 2.75) is 19.1 Å². The molecule has 2 amide bonds. The van der Waals surface area contributed by atoms with Crippen molar-refractivity contribution in [1.82, 2.24) is 4.90 Å². The number of ether oxygens (including phenoxy) is 2. The number of anilines is 1. The second kappa shape index (κ2) is 7.75. The monoisotopic (exact) mass is 406 g/mol. The average Bonchev–Trinajstić information content (AvgIpc) is 2.66. The first-order valence-electron chi connectivity index (χ1n) is 8.95. The maximum Gasteiger partial charge on any atom is 0.263 e. The molecule has 9 heteroatoms. The molecule has 1 fully saturated rings. The molecule has 0 radical (unpaired) electrons. The van der Waals surface area contributed by atoms with Gasteiger partial charge in [-0.3, -0.25) is 9.59 Å². The number of likely N-dealkylation sites (tertiary alicyclic amines) is 1. The van der Waals surface area contributed by atoms with Crippen molar-refractivity contribution < 1.29 is 32.2 Å². The molecule has 2 heterocycles. The number of carbonyl (C=O) groups excluding carboxylic acids is 2. The van der Waals surface area contributed by atoms with Crippen molar-refractivity contribution >= 4 is 17.5 Å². The van der Waals surface area contributed by atoms with Crippen molar-refractivity contribution in [3.05, 3.63) is 58.9 Å². The summed E-state index contributed by atoms with van der Waals surface area (Å²) in [7, 11) is 0. The van der Waals surface area contributed by atoms with Crippen molar-refractivity contribution in [1.29, 1.82) is 0 Å². The van der Waals surface area contributed by atoms with Gasteiger partial charge in [-0.25, -0.2) is 13.2 Å². The molecule has 0 spiro atoms. The highest BCUT2D eigenvalue weighted by Gasteiger charge is 2.34. The molecule has 6 nitrogen and oxygen atoms in total. The summed E-state index contributed by atoms with van der Waals surface area (Å²) in [6.07, 6.45) is -2.81. The second-order valence-electron chi connectivity index (χ2n) is 6.85. The van der Waals surface area contributed by atoms with Gasteiger partial charge in [-0.15, -0.1) is 0 Å². The van der Waals surface area contributed by atoms with Crippen LogP contribution in [0.3, 0.4) is 0 Å². The molecule has 0 aromatic heterocycles. The molecule has 0 aliphatic carbocycles. The molecule has 0 bridgehead atoms. The summed E-state index contributed by atoms with van der Waals surface area (Å²) < 4.78 is 50.5. The van der Waals surface area contributed by atoms with Crippen molar-refractivity contribution in [2.24, 2.45) is 0 Å². The Balaban J connectivity index is 1.34. The molecule has 0 atom stereocenters. The van der Waals surface area contributed by atoms with Gasteiger partial charge in [0.15, 0.2) is 6.61 Å². The Bertz CT molecular complexity index is 961. The summed E-state index contributed by atoms with van der Waals surface area (Å²) in [5.74, 6) is -1.46. The predicted octanol–water partition coefficient (Wildman–Crippen LogP) is 3.14. The van der Waals surface area contributed by atoms with Gasteiger partial charge in [-0.1, -0.05) is 18.2 Å². The first-order valence-corrected chi connectivity index (χ1v) is 8.95. The number of alkyl halides is 2. The van der Waals surface area contributed by atoms with Crippen LogP contribution in [0.15, 0.2) is 36.4 Å². The minimum absolute atomic E-state index is 0.0736. The van der Waals surface area contributed by atoms with Crippen LogP contribution >= 0.6 is 0 Å². The summed E-state index contributed by atoms with van der Waals surface area (Å²) in [6.45, 7) is 0.453. The quantitative estimate of drug-likeness (QED) is 0.829. The van der Waals surface area contributed by atoms with Gasteiger partial charge < -0.3 is 19.7 Å². The number of amides is 2. The van der Waals surface area contributed by atoms with Gasteiger partial charge in [0.2, 0.25) is 0 Å². The fourth-order valence-electron chi connectivity index (χ4n) is 3.18. The zero-order chi connectivity index (χ0) is 20.5. The van der Waals surface area contributed by atoms with Crippen LogP contribution in [0.25, 0.3) is 0 Å². The van der Waals surface area contributed by atoms with Crippen LogP contribution in [0.4, 0.5) is 18.9 Å². The largest absolute Gasteiger partial charge is 0.481 e. The van der Waals surface area contributed by atoms with E-state index in [1.807, 2.05) is 0 Å². The zero-order valence-electron chi connectivity index (χ0n) is 15.2. The Morgan fingerprint density at radius 3 is 2.83 bits per heavy atom. The molecule has 1 N–H and O–H groups in total. The fraction of sp³-hybridized carbons (Fsp3) is 0.300. The van der Waals surface area contributed by atoms with Crippen LogP contribution in [0.2, 0.25) is 0 Å².